The number of nitrogens with two attached hydrogens (primary N) is 1. The average Bonchev–Trinajstić information content (AvgIpc) is 2.38. The van der Waals surface area contributed by atoms with Crippen molar-refractivity contribution in [2.75, 3.05) is 5.32 Å². The number of anilines is 1. The highest BCUT2D eigenvalue weighted by Gasteiger charge is 2.18. The Kier molecular flexibility index (Phi) is 5.52. The van der Waals surface area contributed by atoms with Gasteiger partial charge < -0.3 is 21.5 Å². The van der Waals surface area contributed by atoms with E-state index in [0.717, 1.165) is 0 Å². The lowest BCUT2D eigenvalue weighted by Crippen LogP contribution is -2.42. The standard InChI is InChI=1S/C13H17N3O4/c1-2-4-10(12(18)19)16-13(20)15-9-6-3-5-8(7-9)11(14)17/h3,5-7,10H,2,4H2,1H3,(H2,14,17)(H,18,19)(H2,15,16,20)/t10-/m0/s1. The van der Waals surface area contributed by atoms with Crippen LogP contribution in [0, 0.1) is 0 Å². The van der Waals surface area contributed by atoms with Crippen molar-refractivity contribution in [2.24, 2.45) is 5.73 Å². The maximum absolute atomic E-state index is 11.7. The zero-order valence-electron chi connectivity index (χ0n) is 11.1. The number of carbonyl (C=O) groups excluding carboxylic acids is 2. The summed E-state index contributed by atoms with van der Waals surface area (Å²) in [6.45, 7) is 1.83. The van der Waals surface area contributed by atoms with Gasteiger partial charge in [0.05, 0.1) is 0 Å². The van der Waals surface area contributed by atoms with Gasteiger partial charge in [-0.05, 0) is 24.6 Å². The van der Waals surface area contributed by atoms with Gasteiger partial charge in [0.15, 0.2) is 0 Å². The van der Waals surface area contributed by atoms with Gasteiger partial charge in [-0.25, -0.2) is 9.59 Å². The number of nitrogens with one attached hydrogen (secondary N) is 2. The zero-order chi connectivity index (χ0) is 15.1. The lowest BCUT2D eigenvalue weighted by Gasteiger charge is -2.14. The van der Waals surface area contributed by atoms with Crippen LogP contribution in [0.1, 0.15) is 30.1 Å². The maximum Gasteiger partial charge on any atom is 0.326 e. The minimum Gasteiger partial charge on any atom is -0.480 e. The number of amides is 3. The molecule has 1 aromatic carbocycles. The van der Waals surface area contributed by atoms with Crippen LogP contribution in [0.25, 0.3) is 0 Å². The molecule has 0 saturated carbocycles. The molecule has 3 amide bonds. The predicted octanol–water partition coefficient (Wildman–Crippen LogP) is 1.16. The molecule has 0 aliphatic heterocycles. The van der Waals surface area contributed by atoms with Gasteiger partial charge in [-0.15, -0.1) is 0 Å². The number of hydrogen-bond acceptors (Lipinski definition) is 3. The Labute approximate surface area is 116 Å². The van der Waals surface area contributed by atoms with Crippen molar-refractivity contribution in [3.05, 3.63) is 29.8 Å². The molecule has 1 atom stereocenters. The molecule has 1 aromatic rings. The summed E-state index contributed by atoms with van der Waals surface area (Å²) >= 11 is 0. The second kappa shape index (κ2) is 7.13. The fourth-order valence-electron chi connectivity index (χ4n) is 1.62. The molecule has 0 aliphatic rings. The van der Waals surface area contributed by atoms with E-state index in [0.29, 0.717) is 18.5 Å². The van der Waals surface area contributed by atoms with Crippen LogP contribution in [0.5, 0.6) is 0 Å². The van der Waals surface area contributed by atoms with Gasteiger partial charge in [-0.3, -0.25) is 4.79 Å². The first kappa shape index (κ1) is 15.5. The molecule has 0 heterocycles. The summed E-state index contributed by atoms with van der Waals surface area (Å²) in [4.78, 5) is 33.6. The molecule has 7 heteroatoms. The van der Waals surface area contributed by atoms with Crippen molar-refractivity contribution >= 4 is 23.6 Å². The second-order valence-corrected chi connectivity index (χ2v) is 4.22. The largest absolute Gasteiger partial charge is 0.480 e. The Morgan fingerprint density at radius 2 is 2.05 bits per heavy atom. The summed E-state index contributed by atoms with van der Waals surface area (Å²) in [6.07, 6.45) is 0.971. The van der Waals surface area contributed by atoms with Crippen molar-refractivity contribution in [1.82, 2.24) is 5.32 Å². The van der Waals surface area contributed by atoms with E-state index in [2.05, 4.69) is 10.6 Å². The van der Waals surface area contributed by atoms with E-state index < -0.39 is 23.9 Å². The first-order valence-electron chi connectivity index (χ1n) is 6.14. The molecular weight excluding hydrogens is 262 g/mol. The molecule has 0 bridgehead atoms. The van der Waals surface area contributed by atoms with E-state index in [1.165, 1.54) is 12.1 Å². The van der Waals surface area contributed by atoms with Crippen LogP contribution in [-0.2, 0) is 4.79 Å². The third-order valence-electron chi connectivity index (χ3n) is 2.59. The number of carboxylic acid groups (broad SMARTS) is 1. The third kappa shape index (κ3) is 4.60. The second-order valence-electron chi connectivity index (χ2n) is 4.22. The Morgan fingerprint density at radius 1 is 1.35 bits per heavy atom. The van der Waals surface area contributed by atoms with Crippen LogP contribution in [0.4, 0.5) is 10.5 Å². The SMILES string of the molecule is CCC[C@H](NC(=O)Nc1cccc(C(N)=O)c1)C(=O)O. The van der Waals surface area contributed by atoms with Gasteiger partial charge in [0.2, 0.25) is 5.91 Å². The Bertz CT molecular complexity index is 516. The van der Waals surface area contributed by atoms with Crippen molar-refractivity contribution in [3.63, 3.8) is 0 Å². The molecule has 7 nitrogen and oxygen atoms in total. The van der Waals surface area contributed by atoms with E-state index in [-0.39, 0.29) is 5.56 Å². The number of primary amides is 1. The van der Waals surface area contributed by atoms with Gasteiger partial charge in [0.1, 0.15) is 6.04 Å². The highest BCUT2D eigenvalue weighted by molar-refractivity contribution is 5.96. The summed E-state index contributed by atoms with van der Waals surface area (Å²) in [5, 5.41) is 13.7. The predicted molar refractivity (Wildman–Crippen MR) is 73.4 cm³/mol. The summed E-state index contributed by atoms with van der Waals surface area (Å²) in [5.41, 5.74) is 5.74. The highest BCUT2D eigenvalue weighted by Crippen LogP contribution is 2.10. The Balaban J connectivity index is 2.68. The van der Waals surface area contributed by atoms with E-state index in [1.54, 1.807) is 12.1 Å². The molecule has 5 N–H and O–H groups in total. The Morgan fingerprint density at radius 3 is 2.60 bits per heavy atom. The molecule has 0 spiro atoms. The number of rotatable bonds is 6. The number of carbonyl (C=O) groups is 3. The van der Waals surface area contributed by atoms with Crippen LogP contribution < -0.4 is 16.4 Å². The van der Waals surface area contributed by atoms with Crippen LogP contribution in [-0.4, -0.2) is 29.1 Å². The van der Waals surface area contributed by atoms with Crippen LogP contribution in [0.2, 0.25) is 0 Å². The van der Waals surface area contributed by atoms with Crippen LogP contribution in [0.3, 0.4) is 0 Å². The number of hydrogen-bond donors (Lipinski definition) is 4. The molecule has 0 fully saturated rings. The number of carboxylic acids is 1. The van der Waals surface area contributed by atoms with Crippen LogP contribution in [0.15, 0.2) is 24.3 Å². The fraction of sp³-hybridized carbons (Fsp3) is 0.308. The van der Waals surface area contributed by atoms with E-state index in [4.69, 9.17) is 10.8 Å². The molecule has 20 heavy (non-hydrogen) atoms. The van der Waals surface area contributed by atoms with Crippen molar-refractivity contribution < 1.29 is 19.5 Å². The minimum atomic E-state index is -1.09. The number of urea groups is 1. The normalized spacial score (nSPS) is 11.4. The molecule has 0 aromatic heterocycles. The van der Waals surface area contributed by atoms with E-state index >= 15 is 0 Å². The average molecular weight is 279 g/mol. The Hall–Kier alpha value is -2.57. The van der Waals surface area contributed by atoms with Gasteiger partial charge in [-0.1, -0.05) is 19.4 Å². The smallest absolute Gasteiger partial charge is 0.326 e. The van der Waals surface area contributed by atoms with Gasteiger partial charge in [0.25, 0.3) is 0 Å². The molecule has 0 aliphatic carbocycles. The molecule has 0 unspecified atom stereocenters. The quantitative estimate of drug-likeness (QED) is 0.624. The molecular formula is C13H17N3O4. The minimum absolute atomic E-state index is 0.256. The molecule has 0 radical (unpaired) electrons. The lowest BCUT2D eigenvalue weighted by molar-refractivity contribution is -0.139. The molecule has 0 saturated heterocycles. The lowest BCUT2D eigenvalue weighted by atomic mass is 10.2. The van der Waals surface area contributed by atoms with E-state index in [9.17, 15) is 14.4 Å². The van der Waals surface area contributed by atoms with Crippen molar-refractivity contribution in [3.8, 4) is 0 Å². The first-order chi connectivity index (χ1) is 9.43. The number of aliphatic carboxylic acids is 1. The van der Waals surface area contributed by atoms with Crippen LogP contribution >= 0.6 is 0 Å². The summed E-state index contributed by atoms with van der Waals surface area (Å²) in [7, 11) is 0. The van der Waals surface area contributed by atoms with Gasteiger partial charge in [-0.2, -0.15) is 0 Å². The topological polar surface area (TPSA) is 122 Å². The van der Waals surface area contributed by atoms with Crippen molar-refractivity contribution in [1.29, 1.82) is 0 Å². The van der Waals surface area contributed by atoms with Gasteiger partial charge >= 0.3 is 12.0 Å². The van der Waals surface area contributed by atoms with E-state index in [1.807, 2.05) is 6.92 Å². The summed E-state index contributed by atoms with van der Waals surface area (Å²) in [5.74, 6) is -1.70. The highest BCUT2D eigenvalue weighted by atomic mass is 16.4. The maximum atomic E-state index is 11.7. The third-order valence-corrected chi connectivity index (χ3v) is 2.59. The zero-order valence-corrected chi connectivity index (χ0v) is 11.1. The molecule has 1 rings (SSSR count). The number of benzene rings is 1. The molecule has 108 valence electrons. The monoisotopic (exact) mass is 279 g/mol. The summed E-state index contributed by atoms with van der Waals surface area (Å²) < 4.78 is 0. The van der Waals surface area contributed by atoms with Crippen molar-refractivity contribution in [2.45, 2.75) is 25.8 Å². The summed E-state index contributed by atoms with van der Waals surface area (Å²) in [6, 6.07) is 4.48. The first-order valence-corrected chi connectivity index (χ1v) is 6.14. The fourth-order valence-corrected chi connectivity index (χ4v) is 1.62. The van der Waals surface area contributed by atoms with Gasteiger partial charge in [0, 0.05) is 11.3 Å².